The van der Waals surface area contributed by atoms with Crippen molar-refractivity contribution in [2.75, 3.05) is 13.1 Å². The number of H-pyrrole nitrogens is 1. The van der Waals surface area contributed by atoms with E-state index < -0.39 is 0 Å². The van der Waals surface area contributed by atoms with Gasteiger partial charge in [0.1, 0.15) is 5.69 Å². The van der Waals surface area contributed by atoms with Crippen LogP contribution in [0.15, 0.2) is 24.7 Å². The van der Waals surface area contributed by atoms with Gasteiger partial charge in [-0.15, -0.1) is 0 Å². The molecule has 6 heteroatoms. The molecular weight excluding hydrogens is 290 g/mol. The number of hydrogen-bond donors (Lipinski definition) is 1. The number of amides is 1. The molecule has 1 amide bonds. The van der Waals surface area contributed by atoms with Gasteiger partial charge in [0.25, 0.3) is 0 Å². The molecule has 1 fully saturated rings. The Kier molecular flexibility index (Phi) is 4.15. The standard InChI is InChI=1S/C17H23N5O/c1-17(2,3)16(23)22-8-5-12(6-9-22)14-10-19-15(11-18-14)13-4-7-20-21-13/h4,7,10-12H,5-6,8-9H2,1-3H3,(H,20,21). The number of nitrogens with zero attached hydrogens (tertiary/aromatic N) is 4. The molecule has 122 valence electrons. The van der Waals surface area contributed by atoms with Gasteiger partial charge in [0.15, 0.2) is 0 Å². The molecule has 1 saturated heterocycles. The second-order valence-electron chi connectivity index (χ2n) is 7.11. The molecule has 2 aromatic rings. The summed E-state index contributed by atoms with van der Waals surface area (Å²) in [6.07, 6.45) is 7.23. The topological polar surface area (TPSA) is 74.8 Å². The molecule has 0 atom stereocenters. The third kappa shape index (κ3) is 3.41. The van der Waals surface area contributed by atoms with Crippen LogP contribution in [0.2, 0.25) is 0 Å². The molecule has 23 heavy (non-hydrogen) atoms. The van der Waals surface area contributed by atoms with Crippen LogP contribution in [-0.2, 0) is 4.79 Å². The van der Waals surface area contributed by atoms with Crippen LogP contribution in [0.25, 0.3) is 11.4 Å². The number of piperidine rings is 1. The van der Waals surface area contributed by atoms with Crippen LogP contribution < -0.4 is 0 Å². The van der Waals surface area contributed by atoms with Crippen LogP contribution >= 0.6 is 0 Å². The maximum atomic E-state index is 12.3. The van der Waals surface area contributed by atoms with Crippen molar-refractivity contribution in [3.63, 3.8) is 0 Å². The van der Waals surface area contributed by atoms with Crippen LogP contribution in [0.3, 0.4) is 0 Å². The number of aromatic amines is 1. The van der Waals surface area contributed by atoms with Crippen molar-refractivity contribution < 1.29 is 4.79 Å². The Balaban J connectivity index is 1.63. The highest BCUT2D eigenvalue weighted by molar-refractivity contribution is 5.81. The SMILES string of the molecule is CC(C)(C)C(=O)N1CCC(c2cnc(-c3ccn[nH]3)cn2)CC1. The molecule has 1 aliphatic rings. The number of aromatic nitrogens is 4. The number of rotatable bonds is 2. The number of nitrogens with one attached hydrogen (secondary N) is 1. The molecule has 0 spiro atoms. The largest absolute Gasteiger partial charge is 0.342 e. The summed E-state index contributed by atoms with van der Waals surface area (Å²) in [6, 6.07) is 1.88. The number of likely N-dealkylation sites (tertiary alicyclic amines) is 1. The molecule has 0 radical (unpaired) electrons. The maximum absolute atomic E-state index is 12.3. The second-order valence-corrected chi connectivity index (χ2v) is 7.11. The van der Waals surface area contributed by atoms with E-state index in [1.54, 1.807) is 12.4 Å². The fraction of sp³-hybridized carbons (Fsp3) is 0.529. The van der Waals surface area contributed by atoms with E-state index in [-0.39, 0.29) is 11.3 Å². The van der Waals surface area contributed by atoms with E-state index in [4.69, 9.17) is 0 Å². The third-order valence-corrected chi connectivity index (χ3v) is 4.29. The molecule has 2 aromatic heterocycles. The van der Waals surface area contributed by atoms with Crippen molar-refractivity contribution in [1.29, 1.82) is 0 Å². The Bertz CT molecular complexity index is 649. The van der Waals surface area contributed by atoms with Crippen LogP contribution in [0.5, 0.6) is 0 Å². The first-order valence-electron chi connectivity index (χ1n) is 8.06. The van der Waals surface area contributed by atoms with E-state index in [2.05, 4.69) is 20.2 Å². The van der Waals surface area contributed by atoms with E-state index in [9.17, 15) is 4.79 Å². The fourth-order valence-corrected chi connectivity index (χ4v) is 2.94. The molecule has 1 aliphatic heterocycles. The predicted octanol–water partition coefficient (Wildman–Crippen LogP) is 2.62. The van der Waals surface area contributed by atoms with Gasteiger partial charge in [-0.2, -0.15) is 5.10 Å². The van der Waals surface area contributed by atoms with Crippen molar-refractivity contribution >= 4 is 5.91 Å². The summed E-state index contributed by atoms with van der Waals surface area (Å²) in [7, 11) is 0. The fourth-order valence-electron chi connectivity index (χ4n) is 2.94. The normalized spacial score (nSPS) is 16.6. The molecule has 0 unspecified atom stereocenters. The monoisotopic (exact) mass is 313 g/mol. The van der Waals surface area contributed by atoms with Crippen molar-refractivity contribution in [1.82, 2.24) is 25.1 Å². The smallest absolute Gasteiger partial charge is 0.227 e. The highest BCUT2D eigenvalue weighted by Crippen LogP contribution is 2.29. The summed E-state index contributed by atoms with van der Waals surface area (Å²) in [6.45, 7) is 7.51. The van der Waals surface area contributed by atoms with Gasteiger partial charge in [0.2, 0.25) is 5.91 Å². The van der Waals surface area contributed by atoms with Gasteiger partial charge in [-0.25, -0.2) is 0 Å². The molecule has 0 aromatic carbocycles. The first-order chi connectivity index (χ1) is 10.9. The van der Waals surface area contributed by atoms with Crippen LogP contribution in [0, 0.1) is 5.41 Å². The number of carbonyl (C=O) groups is 1. The van der Waals surface area contributed by atoms with Gasteiger partial charge < -0.3 is 4.90 Å². The average molecular weight is 313 g/mol. The lowest BCUT2D eigenvalue weighted by Gasteiger charge is -2.35. The van der Waals surface area contributed by atoms with E-state index in [0.717, 1.165) is 43.0 Å². The van der Waals surface area contributed by atoms with Crippen LogP contribution in [0.1, 0.15) is 45.2 Å². The molecule has 0 bridgehead atoms. The summed E-state index contributed by atoms with van der Waals surface area (Å²) in [4.78, 5) is 23.3. The highest BCUT2D eigenvalue weighted by atomic mass is 16.2. The van der Waals surface area contributed by atoms with Crippen LogP contribution in [-0.4, -0.2) is 44.1 Å². The molecular formula is C17H23N5O. The summed E-state index contributed by atoms with van der Waals surface area (Å²) in [5.41, 5.74) is 2.37. The van der Waals surface area contributed by atoms with Crippen LogP contribution in [0.4, 0.5) is 0 Å². The van der Waals surface area contributed by atoms with Gasteiger partial charge in [-0.05, 0) is 18.9 Å². The maximum Gasteiger partial charge on any atom is 0.227 e. The zero-order valence-corrected chi connectivity index (χ0v) is 13.9. The Morgan fingerprint density at radius 1 is 1.22 bits per heavy atom. The third-order valence-electron chi connectivity index (χ3n) is 4.29. The lowest BCUT2D eigenvalue weighted by Crippen LogP contribution is -2.43. The quantitative estimate of drug-likeness (QED) is 0.925. The molecule has 3 rings (SSSR count). The zero-order chi connectivity index (χ0) is 16.4. The lowest BCUT2D eigenvalue weighted by atomic mass is 9.90. The van der Waals surface area contributed by atoms with Crippen molar-refractivity contribution in [3.8, 4) is 11.4 Å². The minimum Gasteiger partial charge on any atom is -0.342 e. The highest BCUT2D eigenvalue weighted by Gasteiger charge is 2.31. The molecule has 6 nitrogen and oxygen atoms in total. The number of hydrogen-bond acceptors (Lipinski definition) is 4. The predicted molar refractivity (Wildman–Crippen MR) is 87.6 cm³/mol. The van der Waals surface area contributed by atoms with E-state index in [1.165, 1.54) is 0 Å². The molecule has 0 aliphatic carbocycles. The first-order valence-corrected chi connectivity index (χ1v) is 8.06. The van der Waals surface area contributed by atoms with Crippen molar-refractivity contribution in [2.24, 2.45) is 5.41 Å². The van der Waals surface area contributed by atoms with E-state index in [0.29, 0.717) is 5.92 Å². The average Bonchev–Trinajstić information content (AvgIpc) is 3.08. The molecule has 1 N–H and O–H groups in total. The summed E-state index contributed by atoms with van der Waals surface area (Å²) < 4.78 is 0. The lowest BCUT2D eigenvalue weighted by molar-refractivity contribution is -0.140. The molecule has 3 heterocycles. The minimum atomic E-state index is -0.307. The zero-order valence-electron chi connectivity index (χ0n) is 13.9. The van der Waals surface area contributed by atoms with Gasteiger partial charge in [0.05, 0.1) is 17.6 Å². The Labute approximate surface area is 136 Å². The first kappa shape index (κ1) is 15.6. The minimum absolute atomic E-state index is 0.233. The van der Waals surface area contributed by atoms with Gasteiger partial charge >= 0.3 is 0 Å². The van der Waals surface area contributed by atoms with Gasteiger partial charge in [-0.3, -0.25) is 19.9 Å². The Morgan fingerprint density at radius 2 is 1.96 bits per heavy atom. The van der Waals surface area contributed by atoms with E-state index in [1.807, 2.05) is 37.9 Å². The Morgan fingerprint density at radius 3 is 2.48 bits per heavy atom. The van der Waals surface area contributed by atoms with Gasteiger partial charge in [0, 0.05) is 36.8 Å². The van der Waals surface area contributed by atoms with Crippen molar-refractivity contribution in [3.05, 3.63) is 30.4 Å². The van der Waals surface area contributed by atoms with Crippen molar-refractivity contribution in [2.45, 2.75) is 39.5 Å². The van der Waals surface area contributed by atoms with E-state index >= 15 is 0 Å². The second kappa shape index (κ2) is 6.10. The van der Waals surface area contributed by atoms with Gasteiger partial charge in [-0.1, -0.05) is 20.8 Å². The summed E-state index contributed by atoms with van der Waals surface area (Å²) >= 11 is 0. The molecule has 0 saturated carbocycles. The summed E-state index contributed by atoms with van der Waals surface area (Å²) in [5.74, 6) is 0.610. The number of carbonyl (C=O) groups excluding carboxylic acids is 1. The Hall–Kier alpha value is -2.24. The summed E-state index contributed by atoms with van der Waals surface area (Å²) in [5, 5.41) is 6.81.